The molecule has 3 heterocycles. The van der Waals surface area contributed by atoms with Gasteiger partial charge >= 0.3 is 0 Å². The molecule has 0 aromatic carbocycles. The molecule has 0 N–H and O–H groups in total. The van der Waals surface area contributed by atoms with Crippen LogP contribution in [0.15, 0.2) is 29.9 Å². The van der Waals surface area contributed by atoms with Crippen LogP contribution in [0.5, 0.6) is 0 Å². The van der Waals surface area contributed by atoms with Crippen LogP contribution in [0.2, 0.25) is 0 Å². The molecular formula is C16H17N5OS. The SMILES string of the molecule is CN(Cc1ncccn1)[C@@H]1CCN(C(=O)c2sccc2C#N)C1. The first-order valence-corrected chi connectivity index (χ1v) is 8.30. The molecule has 1 saturated heterocycles. The van der Waals surface area contributed by atoms with E-state index in [1.807, 2.05) is 11.9 Å². The minimum atomic E-state index is -0.0385. The van der Waals surface area contributed by atoms with Crippen molar-refractivity contribution < 1.29 is 4.79 Å². The molecule has 1 fully saturated rings. The van der Waals surface area contributed by atoms with Crippen molar-refractivity contribution in [3.63, 3.8) is 0 Å². The summed E-state index contributed by atoms with van der Waals surface area (Å²) in [5.74, 6) is 0.744. The van der Waals surface area contributed by atoms with Gasteiger partial charge in [0.15, 0.2) is 0 Å². The number of thiophene rings is 1. The van der Waals surface area contributed by atoms with E-state index in [0.29, 0.717) is 30.1 Å². The van der Waals surface area contributed by atoms with Gasteiger partial charge in [0.05, 0.1) is 12.1 Å². The molecule has 6 nitrogen and oxygen atoms in total. The monoisotopic (exact) mass is 327 g/mol. The molecule has 2 aromatic heterocycles. The minimum absolute atomic E-state index is 0.0385. The fourth-order valence-electron chi connectivity index (χ4n) is 2.76. The van der Waals surface area contributed by atoms with Crippen molar-refractivity contribution in [3.8, 4) is 6.07 Å². The number of hydrogen-bond acceptors (Lipinski definition) is 6. The third-order valence-electron chi connectivity index (χ3n) is 4.06. The second-order valence-corrected chi connectivity index (χ2v) is 6.47. The number of likely N-dealkylation sites (N-methyl/N-ethyl adjacent to an activating group) is 1. The van der Waals surface area contributed by atoms with E-state index in [-0.39, 0.29) is 11.9 Å². The predicted molar refractivity (Wildman–Crippen MR) is 86.8 cm³/mol. The molecular weight excluding hydrogens is 310 g/mol. The van der Waals surface area contributed by atoms with Crippen molar-refractivity contribution in [3.05, 3.63) is 46.2 Å². The Morgan fingerprint density at radius 2 is 2.30 bits per heavy atom. The van der Waals surface area contributed by atoms with E-state index in [1.165, 1.54) is 11.3 Å². The number of nitriles is 1. The van der Waals surface area contributed by atoms with E-state index in [0.717, 1.165) is 12.2 Å². The van der Waals surface area contributed by atoms with Crippen molar-refractivity contribution in [1.82, 2.24) is 19.8 Å². The van der Waals surface area contributed by atoms with Gasteiger partial charge in [0.2, 0.25) is 0 Å². The summed E-state index contributed by atoms with van der Waals surface area (Å²) < 4.78 is 0. The standard InChI is InChI=1S/C16H17N5OS/c1-20(11-14-18-5-2-6-19-14)13-3-7-21(10-13)16(22)15-12(9-17)4-8-23-15/h2,4-6,8,13H,3,7,10-11H2,1H3/t13-/m1/s1. The smallest absolute Gasteiger partial charge is 0.265 e. The zero-order valence-electron chi connectivity index (χ0n) is 12.8. The first kappa shape index (κ1) is 15.6. The Morgan fingerprint density at radius 3 is 3.04 bits per heavy atom. The van der Waals surface area contributed by atoms with Crippen molar-refractivity contribution in [1.29, 1.82) is 5.26 Å². The summed E-state index contributed by atoms with van der Waals surface area (Å²) in [7, 11) is 2.03. The number of nitrogens with zero attached hydrogens (tertiary/aromatic N) is 5. The van der Waals surface area contributed by atoms with Gasteiger partial charge in [-0.25, -0.2) is 9.97 Å². The maximum Gasteiger partial charge on any atom is 0.265 e. The summed E-state index contributed by atoms with van der Waals surface area (Å²) >= 11 is 1.33. The highest BCUT2D eigenvalue weighted by molar-refractivity contribution is 7.12. The van der Waals surface area contributed by atoms with Crippen LogP contribution < -0.4 is 0 Å². The lowest BCUT2D eigenvalue weighted by Crippen LogP contribution is -2.36. The average Bonchev–Trinajstić information content (AvgIpc) is 3.24. The summed E-state index contributed by atoms with van der Waals surface area (Å²) in [6, 6.07) is 5.87. The molecule has 1 aliphatic heterocycles. The van der Waals surface area contributed by atoms with Gasteiger partial charge in [0.25, 0.3) is 5.91 Å². The van der Waals surface area contributed by atoms with Gasteiger partial charge in [-0.15, -0.1) is 11.3 Å². The first-order valence-electron chi connectivity index (χ1n) is 7.42. The van der Waals surface area contributed by atoms with E-state index in [2.05, 4.69) is 20.9 Å². The fourth-order valence-corrected chi connectivity index (χ4v) is 3.57. The van der Waals surface area contributed by atoms with Crippen LogP contribution in [0.4, 0.5) is 0 Å². The highest BCUT2D eigenvalue weighted by Gasteiger charge is 2.31. The molecule has 7 heteroatoms. The molecule has 118 valence electrons. The third kappa shape index (κ3) is 3.38. The Balaban J connectivity index is 1.62. The third-order valence-corrected chi connectivity index (χ3v) is 4.97. The quantitative estimate of drug-likeness (QED) is 0.855. The van der Waals surface area contributed by atoms with E-state index < -0.39 is 0 Å². The maximum absolute atomic E-state index is 12.6. The molecule has 0 unspecified atom stereocenters. The highest BCUT2D eigenvalue weighted by atomic mass is 32.1. The molecule has 23 heavy (non-hydrogen) atoms. The Hall–Kier alpha value is -2.30. The van der Waals surface area contributed by atoms with Crippen LogP contribution >= 0.6 is 11.3 Å². The van der Waals surface area contributed by atoms with Crippen molar-refractivity contribution >= 4 is 17.2 Å². The van der Waals surface area contributed by atoms with Crippen molar-refractivity contribution in [2.24, 2.45) is 0 Å². The van der Waals surface area contributed by atoms with Crippen LogP contribution in [0.25, 0.3) is 0 Å². The predicted octanol–water partition coefficient (Wildman–Crippen LogP) is 1.76. The average molecular weight is 327 g/mol. The second kappa shape index (κ2) is 6.86. The summed E-state index contributed by atoms with van der Waals surface area (Å²) in [6.45, 7) is 2.05. The number of carbonyl (C=O) groups excluding carboxylic acids is 1. The highest BCUT2D eigenvalue weighted by Crippen LogP contribution is 2.22. The molecule has 0 aliphatic carbocycles. The van der Waals surface area contributed by atoms with Gasteiger partial charge in [-0.1, -0.05) is 0 Å². The van der Waals surface area contributed by atoms with Gasteiger partial charge in [-0.05, 0) is 31.0 Å². The van der Waals surface area contributed by atoms with E-state index >= 15 is 0 Å². The molecule has 0 saturated carbocycles. The Labute approximate surface area is 139 Å². The van der Waals surface area contributed by atoms with Crippen LogP contribution in [0.1, 0.15) is 27.5 Å². The van der Waals surface area contributed by atoms with Gasteiger partial charge in [0, 0.05) is 31.5 Å². The Kier molecular flexibility index (Phi) is 4.65. The molecule has 3 rings (SSSR count). The van der Waals surface area contributed by atoms with Crippen LogP contribution in [0.3, 0.4) is 0 Å². The lowest BCUT2D eigenvalue weighted by atomic mass is 10.2. The number of rotatable bonds is 4. The number of hydrogen-bond donors (Lipinski definition) is 0. The molecule has 2 aromatic rings. The molecule has 0 bridgehead atoms. The van der Waals surface area contributed by atoms with E-state index in [1.54, 1.807) is 29.9 Å². The van der Waals surface area contributed by atoms with Gasteiger partial charge in [0.1, 0.15) is 16.8 Å². The largest absolute Gasteiger partial charge is 0.336 e. The summed E-state index contributed by atoms with van der Waals surface area (Å²) in [5, 5.41) is 10.9. The number of amides is 1. The fraction of sp³-hybridized carbons (Fsp3) is 0.375. The number of aromatic nitrogens is 2. The summed E-state index contributed by atoms with van der Waals surface area (Å²) in [4.78, 5) is 25.6. The van der Waals surface area contributed by atoms with Crippen LogP contribution in [-0.2, 0) is 6.54 Å². The summed E-state index contributed by atoms with van der Waals surface area (Å²) in [6.07, 6.45) is 4.39. The number of likely N-dealkylation sites (tertiary alicyclic amines) is 1. The van der Waals surface area contributed by atoms with Crippen molar-refractivity contribution in [2.45, 2.75) is 19.0 Å². The topological polar surface area (TPSA) is 73.1 Å². The zero-order chi connectivity index (χ0) is 16.2. The van der Waals surface area contributed by atoms with E-state index in [9.17, 15) is 4.79 Å². The lowest BCUT2D eigenvalue weighted by Gasteiger charge is -2.23. The molecule has 1 aliphatic rings. The lowest BCUT2D eigenvalue weighted by molar-refractivity contribution is 0.0784. The minimum Gasteiger partial charge on any atom is -0.336 e. The first-order chi connectivity index (χ1) is 11.2. The zero-order valence-corrected chi connectivity index (χ0v) is 13.7. The van der Waals surface area contributed by atoms with Crippen LogP contribution in [0, 0.1) is 11.3 Å². The van der Waals surface area contributed by atoms with E-state index in [4.69, 9.17) is 5.26 Å². The molecule has 0 spiro atoms. The van der Waals surface area contributed by atoms with Crippen molar-refractivity contribution in [2.75, 3.05) is 20.1 Å². The Morgan fingerprint density at radius 1 is 1.52 bits per heavy atom. The summed E-state index contributed by atoms with van der Waals surface area (Å²) in [5.41, 5.74) is 0.467. The normalized spacial score (nSPS) is 17.4. The van der Waals surface area contributed by atoms with Gasteiger partial charge in [-0.2, -0.15) is 5.26 Å². The maximum atomic E-state index is 12.6. The molecule has 1 atom stereocenters. The molecule has 1 amide bonds. The Bertz CT molecular complexity index is 724. The second-order valence-electron chi connectivity index (χ2n) is 5.55. The van der Waals surface area contributed by atoms with Gasteiger partial charge in [-0.3, -0.25) is 9.69 Å². The van der Waals surface area contributed by atoms with Crippen LogP contribution in [-0.4, -0.2) is 51.9 Å². The van der Waals surface area contributed by atoms with Gasteiger partial charge < -0.3 is 4.90 Å². The number of carbonyl (C=O) groups is 1. The molecule has 0 radical (unpaired) electrons.